The Kier molecular flexibility index (Phi) is 4.96. The average Bonchev–Trinajstić information content (AvgIpc) is 2.68. The van der Waals surface area contributed by atoms with E-state index in [1.807, 2.05) is 34.9 Å². The van der Waals surface area contributed by atoms with Gasteiger partial charge in [-0.05, 0) is 48.2 Å². The molecule has 2 unspecified atom stereocenters. The lowest BCUT2D eigenvalue weighted by atomic mass is 10.0. The van der Waals surface area contributed by atoms with Gasteiger partial charge in [0.1, 0.15) is 0 Å². The van der Waals surface area contributed by atoms with Gasteiger partial charge in [0.25, 0.3) is 11.4 Å². The minimum absolute atomic E-state index is 0.143. The van der Waals surface area contributed by atoms with Crippen LogP contribution in [0.5, 0.6) is 0 Å². The first-order chi connectivity index (χ1) is 13.1. The van der Waals surface area contributed by atoms with Crippen molar-refractivity contribution in [3.05, 3.63) is 67.0 Å². The van der Waals surface area contributed by atoms with Crippen molar-refractivity contribution in [2.24, 2.45) is 0 Å². The molecule has 0 aliphatic carbocycles. The summed E-state index contributed by atoms with van der Waals surface area (Å²) in [5, 5.41) is 5.58. The van der Waals surface area contributed by atoms with E-state index >= 15 is 0 Å². The average molecular weight is 383 g/mol. The molecule has 3 aromatic rings. The topological polar surface area (TPSA) is 61.3 Å². The van der Waals surface area contributed by atoms with Gasteiger partial charge in [0.15, 0.2) is 6.26 Å². The number of halogens is 1. The molecule has 2 aromatic heterocycles. The Morgan fingerprint density at radius 3 is 2.93 bits per heavy atom. The quantitative estimate of drug-likeness (QED) is 0.525. The summed E-state index contributed by atoms with van der Waals surface area (Å²) in [5.74, 6) is -0.494. The Hall–Kier alpha value is -2.64. The SMILES string of the molecule is C[S+](O)N1C=CC(Nc2cc(-c3cccc(F)n3)cc3ccncc23)CC1. The molecule has 27 heavy (non-hydrogen) atoms. The number of nitrogens with zero attached hydrogens (tertiary/aromatic N) is 3. The van der Waals surface area contributed by atoms with Crippen LogP contribution in [0.2, 0.25) is 0 Å². The molecule has 0 saturated heterocycles. The monoisotopic (exact) mass is 383 g/mol. The van der Waals surface area contributed by atoms with Crippen LogP contribution in [0.1, 0.15) is 6.42 Å². The lowest BCUT2D eigenvalue weighted by molar-refractivity contribution is 0.484. The fourth-order valence-corrected chi connectivity index (χ4v) is 3.83. The standard InChI is InChI=1S/C20H20FN4OS/c1-27(26)25-9-6-16(7-10-25)23-19-12-15(18-3-2-4-20(21)24-18)11-14-5-8-22-13-17(14)19/h2-6,8-9,11-13,16,23,26H,7,10H2,1H3/q+1. The Morgan fingerprint density at radius 2 is 2.19 bits per heavy atom. The minimum Gasteiger partial charge on any atom is -0.378 e. The molecule has 138 valence electrons. The summed E-state index contributed by atoms with van der Waals surface area (Å²) >= 11 is -0.752. The van der Waals surface area contributed by atoms with Crippen molar-refractivity contribution < 1.29 is 8.94 Å². The van der Waals surface area contributed by atoms with Crippen molar-refractivity contribution in [2.45, 2.75) is 12.5 Å². The molecule has 0 bridgehead atoms. The zero-order valence-electron chi connectivity index (χ0n) is 14.8. The fraction of sp³-hybridized carbons (Fsp3) is 0.200. The van der Waals surface area contributed by atoms with Gasteiger partial charge in [0, 0.05) is 41.3 Å². The number of rotatable bonds is 4. The zero-order chi connectivity index (χ0) is 18.8. The molecule has 0 amide bonds. The van der Waals surface area contributed by atoms with Gasteiger partial charge in [-0.1, -0.05) is 6.07 Å². The van der Waals surface area contributed by atoms with Crippen LogP contribution in [0.15, 0.2) is 61.1 Å². The van der Waals surface area contributed by atoms with Gasteiger partial charge in [-0.2, -0.15) is 13.2 Å². The summed E-state index contributed by atoms with van der Waals surface area (Å²) < 4.78 is 25.2. The van der Waals surface area contributed by atoms with Crippen LogP contribution in [-0.2, 0) is 11.4 Å². The molecule has 3 heterocycles. The van der Waals surface area contributed by atoms with E-state index in [9.17, 15) is 8.94 Å². The Morgan fingerprint density at radius 1 is 1.30 bits per heavy atom. The summed E-state index contributed by atoms with van der Waals surface area (Å²) in [6.07, 6.45) is 10.2. The molecule has 0 fully saturated rings. The first-order valence-electron chi connectivity index (χ1n) is 8.67. The van der Waals surface area contributed by atoms with Crippen LogP contribution in [-0.4, -0.2) is 37.7 Å². The lowest BCUT2D eigenvalue weighted by Crippen LogP contribution is -2.34. The molecule has 0 radical (unpaired) electrons. The maximum atomic E-state index is 13.6. The van der Waals surface area contributed by atoms with Crippen molar-refractivity contribution in [3.8, 4) is 11.3 Å². The van der Waals surface area contributed by atoms with Crippen LogP contribution in [0, 0.1) is 5.95 Å². The number of anilines is 1. The summed E-state index contributed by atoms with van der Waals surface area (Å²) in [6.45, 7) is 0.783. The lowest BCUT2D eigenvalue weighted by Gasteiger charge is -2.24. The van der Waals surface area contributed by atoms with Gasteiger partial charge >= 0.3 is 0 Å². The third-order valence-corrected chi connectivity index (χ3v) is 5.58. The van der Waals surface area contributed by atoms with Gasteiger partial charge in [0.05, 0.1) is 12.2 Å². The molecule has 5 nitrogen and oxygen atoms in total. The van der Waals surface area contributed by atoms with E-state index in [1.165, 1.54) is 6.07 Å². The summed E-state index contributed by atoms with van der Waals surface area (Å²) in [7, 11) is 0. The van der Waals surface area contributed by atoms with Crippen LogP contribution in [0.4, 0.5) is 10.1 Å². The van der Waals surface area contributed by atoms with Crippen LogP contribution in [0.25, 0.3) is 22.0 Å². The van der Waals surface area contributed by atoms with Gasteiger partial charge in [0.2, 0.25) is 5.95 Å². The third kappa shape index (κ3) is 3.89. The predicted molar refractivity (Wildman–Crippen MR) is 109 cm³/mol. The highest BCUT2D eigenvalue weighted by Crippen LogP contribution is 2.31. The number of nitrogens with one attached hydrogen (secondary N) is 1. The zero-order valence-corrected chi connectivity index (χ0v) is 15.7. The smallest absolute Gasteiger partial charge is 0.261 e. The maximum Gasteiger partial charge on any atom is 0.261 e. The molecule has 7 heteroatoms. The second kappa shape index (κ2) is 7.54. The number of pyridine rings is 2. The van der Waals surface area contributed by atoms with Crippen molar-refractivity contribution in [3.63, 3.8) is 0 Å². The van der Waals surface area contributed by atoms with E-state index in [4.69, 9.17) is 0 Å². The Balaban J connectivity index is 1.70. The first-order valence-corrected chi connectivity index (χ1v) is 10.2. The molecule has 4 rings (SSSR count). The molecule has 0 spiro atoms. The van der Waals surface area contributed by atoms with E-state index in [0.29, 0.717) is 5.69 Å². The molecule has 1 aliphatic heterocycles. The fourth-order valence-electron chi connectivity index (χ4n) is 3.21. The molecule has 2 atom stereocenters. The second-order valence-corrected chi connectivity index (χ2v) is 7.80. The number of benzene rings is 1. The summed E-state index contributed by atoms with van der Waals surface area (Å²) in [6, 6.07) is 10.9. The number of hydrogen-bond acceptors (Lipinski definition) is 5. The van der Waals surface area contributed by atoms with Gasteiger partial charge in [-0.3, -0.25) is 4.98 Å². The Bertz CT molecular complexity index is 995. The van der Waals surface area contributed by atoms with E-state index in [0.717, 1.165) is 35.0 Å². The highest BCUT2D eigenvalue weighted by Gasteiger charge is 2.23. The van der Waals surface area contributed by atoms with Crippen molar-refractivity contribution >= 4 is 27.8 Å². The van der Waals surface area contributed by atoms with E-state index in [2.05, 4.69) is 21.4 Å². The van der Waals surface area contributed by atoms with Crippen LogP contribution < -0.4 is 5.32 Å². The van der Waals surface area contributed by atoms with E-state index in [-0.39, 0.29) is 6.04 Å². The molecular formula is C20H20FN4OS+. The maximum absolute atomic E-state index is 13.6. The molecule has 1 aromatic carbocycles. The largest absolute Gasteiger partial charge is 0.378 e. The van der Waals surface area contributed by atoms with Crippen LogP contribution in [0.3, 0.4) is 0 Å². The number of hydrogen-bond donors (Lipinski definition) is 2. The number of fused-ring (bicyclic) bond motifs is 1. The normalized spacial score (nSPS) is 17.9. The highest BCUT2D eigenvalue weighted by molar-refractivity contribution is 7.88. The molecule has 2 N–H and O–H groups in total. The first kappa shape index (κ1) is 17.8. The highest BCUT2D eigenvalue weighted by atomic mass is 32.2. The van der Waals surface area contributed by atoms with Crippen molar-refractivity contribution in [1.29, 1.82) is 0 Å². The summed E-state index contributed by atoms with van der Waals surface area (Å²) in [5.41, 5.74) is 2.38. The van der Waals surface area contributed by atoms with Gasteiger partial charge < -0.3 is 5.32 Å². The third-order valence-electron chi connectivity index (χ3n) is 4.59. The van der Waals surface area contributed by atoms with E-state index < -0.39 is 17.3 Å². The predicted octanol–water partition coefficient (Wildman–Crippen LogP) is 4.07. The van der Waals surface area contributed by atoms with Crippen LogP contribution >= 0.6 is 0 Å². The van der Waals surface area contributed by atoms with Gasteiger partial charge in [-0.25, -0.2) is 4.98 Å². The Labute approximate surface area is 160 Å². The number of aromatic nitrogens is 2. The summed E-state index contributed by atoms with van der Waals surface area (Å²) in [4.78, 5) is 8.25. The molecule has 0 saturated carbocycles. The molecular weight excluding hydrogens is 363 g/mol. The van der Waals surface area contributed by atoms with Crippen molar-refractivity contribution in [2.75, 3.05) is 18.1 Å². The minimum atomic E-state index is -0.752. The molecule has 1 aliphatic rings. The second-order valence-electron chi connectivity index (χ2n) is 6.43. The van der Waals surface area contributed by atoms with Gasteiger partial charge in [-0.15, -0.1) is 0 Å². The van der Waals surface area contributed by atoms with Crippen molar-refractivity contribution in [1.82, 2.24) is 14.3 Å². The van der Waals surface area contributed by atoms with E-state index in [1.54, 1.807) is 24.6 Å².